The second-order valence-electron chi connectivity index (χ2n) is 3.47. The largest absolute Gasteiger partial charge is 0.469 e. The van der Waals surface area contributed by atoms with Crippen LogP contribution in [0.2, 0.25) is 0 Å². The van der Waals surface area contributed by atoms with Crippen molar-refractivity contribution in [1.29, 1.82) is 0 Å². The molecule has 1 aromatic heterocycles. The van der Waals surface area contributed by atoms with Gasteiger partial charge in [-0.25, -0.2) is 8.78 Å². The first kappa shape index (κ1) is 13.9. The molecule has 1 aromatic rings. The number of esters is 1. The molecule has 1 rings (SSSR count). The van der Waals surface area contributed by atoms with Crippen LogP contribution in [-0.4, -0.2) is 23.0 Å². The summed E-state index contributed by atoms with van der Waals surface area (Å²) in [6.07, 6.45) is -3.54. The number of alkyl halides is 2. The molecule has 0 aliphatic heterocycles. The fraction of sp³-hybridized carbons (Fsp3) is 0.400. The van der Waals surface area contributed by atoms with E-state index >= 15 is 0 Å². The topological polar surface area (TPSA) is 82.3 Å². The van der Waals surface area contributed by atoms with E-state index in [2.05, 4.69) is 9.72 Å². The first-order valence-corrected chi connectivity index (χ1v) is 4.86. The third-order valence-electron chi connectivity index (χ3n) is 2.22. The summed E-state index contributed by atoms with van der Waals surface area (Å²) in [7, 11) is 1.07. The number of nitro groups is 1. The summed E-state index contributed by atoms with van der Waals surface area (Å²) in [6.45, 7) is 1.36. The number of pyridine rings is 1. The number of ether oxygens (including phenoxy) is 1. The number of methoxy groups -OCH3 is 1. The van der Waals surface area contributed by atoms with Gasteiger partial charge in [0, 0.05) is 12.5 Å². The van der Waals surface area contributed by atoms with Crippen LogP contribution in [0.15, 0.2) is 6.07 Å². The van der Waals surface area contributed by atoms with E-state index in [1.54, 1.807) is 0 Å². The van der Waals surface area contributed by atoms with E-state index in [1.165, 1.54) is 6.92 Å². The van der Waals surface area contributed by atoms with Crippen molar-refractivity contribution in [2.24, 2.45) is 0 Å². The lowest BCUT2D eigenvalue weighted by Gasteiger charge is -2.08. The average molecular weight is 260 g/mol. The minimum atomic E-state index is -2.93. The molecule has 0 amide bonds. The standard InChI is InChI=1S/C10H10F2N2O4/c1-5-3-6(9(11)12)7(4-8(15)18-2)10(13-5)14(16)17/h3,9H,4H2,1-2H3. The molecule has 0 aromatic carbocycles. The Labute approximate surface area is 101 Å². The van der Waals surface area contributed by atoms with Gasteiger partial charge >= 0.3 is 11.8 Å². The number of carbonyl (C=O) groups excluding carboxylic acids is 1. The predicted molar refractivity (Wildman–Crippen MR) is 56.3 cm³/mol. The van der Waals surface area contributed by atoms with Crippen molar-refractivity contribution in [3.63, 3.8) is 0 Å². The van der Waals surface area contributed by atoms with Crippen LogP contribution in [0.3, 0.4) is 0 Å². The van der Waals surface area contributed by atoms with Gasteiger partial charge in [0.25, 0.3) is 6.43 Å². The van der Waals surface area contributed by atoms with Gasteiger partial charge < -0.3 is 14.9 Å². The smallest absolute Gasteiger partial charge is 0.367 e. The normalized spacial score (nSPS) is 10.5. The maximum atomic E-state index is 12.8. The van der Waals surface area contributed by atoms with Crippen LogP contribution in [0, 0.1) is 17.0 Å². The van der Waals surface area contributed by atoms with E-state index in [4.69, 9.17) is 0 Å². The Morgan fingerprint density at radius 1 is 1.61 bits per heavy atom. The molecule has 18 heavy (non-hydrogen) atoms. The van der Waals surface area contributed by atoms with Crippen molar-refractivity contribution in [3.05, 3.63) is 33.0 Å². The van der Waals surface area contributed by atoms with Crippen LogP contribution in [-0.2, 0) is 16.0 Å². The molecular formula is C10H10F2N2O4. The number of aryl methyl sites for hydroxylation is 1. The quantitative estimate of drug-likeness (QED) is 0.469. The molecule has 1 heterocycles. The van der Waals surface area contributed by atoms with E-state index in [9.17, 15) is 23.7 Å². The molecule has 0 fully saturated rings. The lowest BCUT2D eigenvalue weighted by atomic mass is 10.1. The van der Waals surface area contributed by atoms with Crippen molar-refractivity contribution in [2.45, 2.75) is 19.8 Å². The van der Waals surface area contributed by atoms with Gasteiger partial charge in [-0.05, 0) is 16.0 Å². The molecule has 0 atom stereocenters. The van der Waals surface area contributed by atoms with Gasteiger partial charge in [-0.3, -0.25) is 4.79 Å². The highest BCUT2D eigenvalue weighted by molar-refractivity contribution is 5.74. The van der Waals surface area contributed by atoms with Gasteiger partial charge in [0.15, 0.2) is 5.69 Å². The predicted octanol–water partition coefficient (Wildman–Crippen LogP) is 1.95. The molecule has 98 valence electrons. The van der Waals surface area contributed by atoms with Crippen molar-refractivity contribution in [2.75, 3.05) is 7.11 Å². The molecule has 6 nitrogen and oxygen atoms in total. The zero-order valence-electron chi connectivity index (χ0n) is 9.65. The van der Waals surface area contributed by atoms with Crippen LogP contribution in [0.5, 0.6) is 0 Å². The highest BCUT2D eigenvalue weighted by Crippen LogP contribution is 2.29. The van der Waals surface area contributed by atoms with Gasteiger partial charge in [0.05, 0.1) is 19.1 Å². The van der Waals surface area contributed by atoms with Crippen LogP contribution < -0.4 is 0 Å². The van der Waals surface area contributed by atoms with E-state index in [0.717, 1.165) is 13.2 Å². The first-order chi connectivity index (χ1) is 8.36. The summed E-state index contributed by atoms with van der Waals surface area (Å²) in [4.78, 5) is 24.5. The number of rotatable bonds is 4. The molecule has 0 aliphatic rings. The minimum absolute atomic E-state index is 0.0885. The van der Waals surface area contributed by atoms with Gasteiger partial charge in [-0.15, -0.1) is 0 Å². The third kappa shape index (κ3) is 2.96. The molecule has 0 N–H and O–H groups in total. The summed E-state index contributed by atoms with van der Waals surface area (Å²) in [5.74, 6) is -1.58. The molecule has 0 unspecified atom stereocenters. The molecule has 0 saturated heterocycles. The Hall–Kier alpha value is -2.12. The average Bonchev–Trinajstić information content (AvgIpc) is 2.29. The number of carbonyl (C=O) groups is 1. The molecule has 0 bridgehead atoms. The number of hydrogen-bond acceptors (Lipinski definition) is 5. The van der Waals surface area contributed by atoms with Crippen molar-refractivity contribution in [3.8, 4) is 0 Å². The first-order valence-electron chi connectivity index (χ1n) is 4.86. The van der Waals surface area contributed by atoms with E-state index in [0.29, 0.717) is 0 Å². The fourth-order valence-corrected chi connectivity index (χ4v) is 1.45. The second-order valence-corrected chi connectivity index (χ2v) is 3.47. The SMILES string of the molecule is COC(=O)Cc1c(C(F)F)cc(C)nc1[N+](=O)[O-]. The monoisotopic (exact) mass is 260 g/mol. The molecular weight excluding hydrogens is 250 g/mol. The van der Waals surface area contributed by atoms with Gasteiger partial charge in [0.1, 0.15) is 0 Å². The highest BCUT2D eigenvalue weighted by Gasteiger charge is 2.27. The third-order valence-corrected chi connectivity index (χ3v) is 2.22. The number of halogens is 2. The van der Waals surface area contributed by atoms with Gasteiger partial charge in [0.2, 0.25) is 0 Å². The zero-order chi connectivity index (χ0) is 13.9. The molecule has 0 aliphatic carbocycles. The summed E-state index contributed by atoms with van der Waals surface area (Å²) in [5.41, 5.74) is -0.891. The minimum Gasteiger partial charge on any atom is -0.469 e. The molecule has 0 spiro atoms. The number of hydrogen-bond donors (Lipinski definition) is 0. The van der Waals surface area contributed by atoms with Crippen molar-refractivity contribution >= 4 is 11.8 Å². The zero-order valence-corrected chi connectivity index (χ0v) is 9.65. The van der Waals surface area contributed by atoms with E-state index in [1.807, 2.05) is 0 Å². The van der Waals surface area contributed by atoms with E-state index in [-0.39, 0.29) is 5.69 Å². The Balaban J connectivity index is 3.40. The Morgan fingerprint density at radius 2 is 2.22 bits per heavy atom. The maximum absolute atomic E-state index is 12.8. The number of nitrogens with zero attached hydrogens (tertiary/aromatic N) is 2. The fourth-order valence-electron chi connectivity index (χ4n) is 1.45. The van der Waals surface area contributed by atoms with Crippen LogP contribution in [0.4, 0.5) is 14.6 Å². The van der Waals surface area contributed by atoms with E-state index < -0.39 is 40.7 Å². The lowest BCUT2D eigenvalue weighted by Crippen LogP contribution is -2.11. The van der Waals surface area contributed by atoms with Crippen molar-refractivity contribution in [1.82, 2.24) is 4.98 Å². The maximum Gasteiger partial charge on any atom is 0.367 e. The lowest BCUT2D eigenvalue weighted by molar-refractivity contribution is -0.390. The Bertz CT molecular complexity index is 491. The van der Waals surface area contributed by atoms with Crippen LogP contribution in [0.25, 0.3) is 0 Å². The van der Waals surface area contributed by atoms with Gasteiger partial charge in [-0.1, -0.05) is 0 Å². The Kier molecular flexibility index (Phi) is 4.24. The molecule has 0 saturated carbocycles. The molecule has 8 heteroatoms. The second kappa shape index (κ2) is 5.48. The van der Waals surface area contributed by atoms with Gasteiger partial charge in [-0.2, -0.15) is 0 Å². The summed E-state index contributed by atoms with van der Waals surface area (Å²) < 4.78 is 29.9. The number of aromatic nitrogens is 1. The summed E-state index contributed by atoms with van der Waals surface area (Å²) >= 11 is 0. The molecule has 0 radical (unpaired) electrons. The summed E-state index contributed by atoms with van der Waals surface area (Å²) in [6, 6.07) is 1.02. The highest BCUT2D eigenvalue weighted by atomic mass is 19.3. The Morgan fingerprint density at radius 3 is 2.67 bits per heavy atom. The van der Waals surface area contributed by atoms with Crippen LogP contribution >= 0.6 is 0 Å². The summed E-state index contributed by atoms with van der Waals surface area (Å²) in [5, 5.41) is 10.8. The van der Waals surface area contributed by atoms with Crippen molar-refractivity contribution < 1.29 is 23.2 Å². The van der Waals surface area contributed by atoms with Crippen LogP contribution in [0.1, 0.15) is 23.2 Å².